The van der Waals surface area contributed by atoms with Crippen molar-refractivity contribution in [1.29, 1.82) is 0 Å². The first-order chi connectivity index (χ1) is 19.9. The molecule has 2 bridgehead atoms. The van der Waals surface area contributed by atoms with Gasteiger partial charge in [-0.15, -0.1) is 6.42 Å². The average Bonchev–Trinajstić information content (AvgIpc) is 3.20. The van der Waals surface area contributed by atoms with Crippen molar-refractivity contribution in [1.82, 2.24) is 20.2 Å². The van der Waals surface area contributed by atoms with Gasteiger partial charge in [0.15, 0.2) is 5.82 Å². The van der Waals surface area contributed by atoms with Crippen LogP contribution in [0.3, 0.4) is 0 Å². The quantitative estimate of drug-likeness (QED) is 0.199. The minimum Gasteiger partial charge on any atom is -0.389 e. The lowest BCUT2D eigenvalue weighted by atomic mass is 9.92. The third-order valence-corrected chi connectivity index (χ3v) is 8.67. The molecule has 2 unspecified atom stereocenters. The van der Waals surface area contributed by atoms with Crippen LogP contribution in [0.5, 0.6) is 0 Å². The van der Waals surface area contributed by atoms with Gasteiger partial charge in [0.1, 0.15) is 17.2 Å². The smallest absolute Gasteiger partial charge is 0.157 e. The number of allylic oxidation sites excluding steroid dienone is 1. The number of nitrogens with one attached hydrogen (secondary N) is 1. The summed E-state index contributed by atoms with van der Waals surface area (Å²) in [6.07, 6.45) is 9.99. The third kappa shape index (κ3) is 5.04. The van der Waals surface area contributed by atoms with Crippen molar-refractivity contribution in [2.45, 2.75) is 58.5 Å². The fourth-order valence-corrected chi connectivity index (χ4v) is 6.80. The maximum absolute atomic E-state index is 16.6. The normalized spacial score (nSPS) is 18.7. The van der Waals surface area contributed by atoms with Crippen LogP contribution < -0.4 is 10.2 Å². The molecule has 1 aromatic heterocycles. The third-order valence-electron chi connectivity index (χ3n) is 8.67. The molecule has 0 amide bonds. The zero-order valence-corrected chi connectivity index (χ0v) is 24.3. The fourth-order valence-electron chi connectivity index (χ4n) is 6.80. The first-order valence-corrected chi connectivity index (χ1v) is 14.8. The van der Waals surface area contributed by atoms with E-state index in [0.717, 1.165) is 77.0 Å². The van der Waals surface area contributed by atoms with Crippen molar-refractivity contribution in [3.8, 4) is 23.5 Å². The van der Waals surface area contributed by atoms with Gasteiger partial charge in [-0.1, -0.05) is 49.8 Å². The monoisotopic (exact) mass is 547 g/mol. The number of anilines is 1. The lowest BCUT2D eigenvalue weighted by Crippen LogP contribution is -2.54. The van der Waals surface area contributed by atoms with Crippen LogP contribution in [0.15, 0.2) is 54.7 Å². The van der Waals surface area contributed by atoms with Crippen LogP contribution in [0.25, 0.3) is 32.8 Å². The molecule has 4 aromatic rings. The number of hydrogen-bond donors (Lipinski definition) is 1. The molecule has 0 radical (unpaired) electrons. The first-order valence-electron chi connectivity index (χ1n) is 14.8. The molecule has 1 N–H and O–H groups in total. The van der Waals surface area contributed by atoms with Crippen LogP contribution in [-0.4, -0.2) is 53.1 Å². The number of hydrogen-bond acceptors (Lipinski definition) is 5. The Morgan fingerprint density at radius 2 is 1.90 bits per heavy atom. The number of aromatic nitrogens is 2. The Morgan fingerprint density at radius 3 is 2.61 bits per heavy atom. The Hall–Kier alpha value is -3.95. The molecule has 41 heavy (non-hydrogen) atoms. The van der Waals surface area contributed by atoms with E-state index in [2.05, 4.69) is 33.7 Å². The van der Waals surface area contributed by atoms with E-state index in [4.69, 9.17) is 16.4 Å². The molecular formula is C35H38FN5. The summed E-state index contributed by atoms with van der Waals surface area (Å²) in [6.45, 7) is 13.8. The second-order valence-electron chi connectivity index (χ2n) is 11.6. The molecule has 2 aliphatic rings. The maximum atomic E-state index is 16.6. The largest absolute Gasteiger partial charge is 0.389 e. The number of rotatable bonds is 8. The van der Waals surface area contributed by atoms with E-state index in [9.17, 15) is 0 Å². The van der Waals surface area contributed by atoms with Crippen LogP contribution in [0.1, 0.15) is 50.1 Å². The Morgan fingerprint density at radius 1 is 1.12 bits per heavy atom. The van der Waals surface area contributed by atoms with Gasteiger partial charge in [-0.2, -0.15) is 0 Å². The molecule has 2 fully saturated rings. The predicted octanol–water partition coefficient (Wildman–Crippen LogP) is 6.61. The summed E-state index contributed by atoms with van der Waals surface area (Å²) < 4.78 is 16.6. The van der Waals surface area contributed by atoms with E-state index in [1.165, 1.54) is 12.8 Å². The highest BCUT2D eigenvalue weighted by Crippen LogP contribution is 2.39. The van der Waals surface area contributed by atoms with Crippen molar-refractivity contribution in [3.05, 3.63) is 77.5 Å². The van der Waals surface area contributed by atoms with Gasteiger partial charge < -0.3 is 10.2 Å². The van der Waals surface area contributed by atoms with Crippen LogP contribution >= 0.6 is 0 Å². The molecule has 3 heterocycles. The molecule has 2 atom stereocenters. The Balaban J connectivity index is 1.38. The number of benzene rings is 3. The zero-order chi connectivity index (χ0) is 28.7. The second kappa shape index (κ2) is 11.1. The summed E-state index contributed by atoms with van der Waals surface area (Å²) in [5.41, 5.74) is 4.55. The molecule has 3 aromatic carbocycles. The molecule has 210 valence electrons. The van der Waals surface area contributed by atoms with E-state index in [-0.39, 0.29) is 5.82 Å². The number of fused-ring (bicyclic) bond motifs is 4. The fraction of sp³-hybridized carbons (Fsp3) is 0.371. The second-order valence-corrected chi connectivity index (χ2v) is 11.6. The molecular weight excluding hydrogens is 509 g/mol. The van der Waals surface area contributed by atoms with E-state index >= 15 is 4.39 Å². The Kier molecular flexibility index (Phi) is 7.40. The van der Waals surface area contributed by atoms with Gasteiger partial charge in [-0.05, 0) is 61.8 Å². The van der Waals surface area contributed by atoms with E-state index in [1.807, 2.05) is 57.2 Å². The maximum Gasteiger partial charge on any atom is 0.157 e. The lowest BCUT2D eigenvalue weighted by Gasteiger charge is -2.42. The summed E-state index contributed by atoms with van der Waals surface area (Å²) >= 11 is 0. The SMILES string of the molecule is C#Cc1cccc2cc(C)cc(-c3ccc4c(N5CC6CCC(C5)N6CCCNC(=C)C)nc(CC)nc4c3F)c12. The van der Waals surface area contributed by atoms with E-state index in [1.54, 1.807) is 0 Å². The van der Waals surface area contributed by atoms with Crippen molar-refractivity contribution >= 4 is 27.5 Å². The summed E-state index contributed by atoms with van der Waals surface area (Å²) in [4.78, 5) is 14.8. The van der Waals surface area contributed by atoms with Gasteiger partial charge in [0.05, 0.1) is 0 Å². The summed E-state index contributed by atoms with van der Waals surface area (Å²) in [7, 11) is 0. The Bertz CT molecular complexity index is 1670. The molecule has 2 saturated heterocycles. The molecule has 6 rings (SSSR count). The topological polar surface area (TPSA) is 44.3 Å². The van der Waals surface area contributed by atoms with Crippen molar-refractivity contribution in [2.75, 3.05) is 31.1 Å². The Labute approximate surface area is 242 Å². The van der Waals surface area contributed by atoms with Crippen LogP contribution in [-0.2, 0) is 6.42 Å². The van der Waals surface area contributed by atoms with Crippen LogP contribution in [0, 0.1) is 25.1 Å². The number of terminal acetylenes is 1. The molecule has 0 aliphatic carbocycles. The van der Waals surface area contributed by atoms with Gasteiger partial charge in [-0.3, -0.25) is 4.90 Å². The zero-order valence-electron chi connectivity index (χ0n) is 24.3. The van der Waals surface area contributed by atoms with Crippen molar-refractivity contribution in [2.24, 2.45) is 0 Å². The van der Waals surface area contributed by atoms with Gasteiger partial charge in [0.2, 0.25) is 0 Å². The highest BCUT2D eigenvalue weighted by molar-refractivity contribution is 6.03. The number of nitrogens with zero attached hydrogens (tertiary/aromatic N) is 4. The minimum absolute atomic E-state index is 0.314. The molecule has 0 saturated carbocycles. The summed E-state index contributed by atoms with van der Waals surface area (Å²) in [5, 5.41) is 6.03. The molecule has 0 spiro atoms. The van der Waals surface area contributed by atoms with Gasteiger partial charge in [0, 0.05) is 72.3 Å². The standard InChI is InChI=1S/C35H38FN5/c1-6-24-10-8-11-25-18-23(5)19-30(32(24)25)28-14-15-29-34(33(28)36)38-31(7-2)39-35(29)40-20-26-12-13-27(21-40)41(26)17-9-16-37-22(3)4/h1,8,10-11,14-15,18-19,26-27,37H,3,7,9,12-13,16-17,20-21H2,2,4-5H3. The number of halogens is 1. The van der Waals surface area contributed by atoms with Crippen molar-refractivity contribution < 1.29 is 4.39 Å². The lowest BCUT2D eigenvalue weighted by molar-refractivity contribution is 0.167. The van der Waals surface area contributed by atoms with E-state index < -0.39 is 0 Å². The van der Waals surface area contributed by atoms with Gasteiger partial charge in [0.25, 0.3) is 0 Å². The highest BCUT2D eigenvalue weighted by atomic mass is 19.1. The average molecular weight is 548 g/mol. The minimum atomic E-state index is -0.314. The van der Waals surface area contributed by atoms with Gasteiger partial charge in [-0.25, -0.2) is 14.4 Å². The van der Waals surface area contributed by atoms with Gasteiger partial charge >= 0.3 is 0 Å². The highest BCUT2D eigenvalue weighted by Gasteiger charge is 2.40. The number of aryl methyl sites for hydroxylation is 2. The molecule has 2 aliphatic heterocycles. The van der Waals surface area contributed by atoms with Crippen LogP contribution in [0.2, 0.25) is 0 Å². The number of piperazine rings is 1. The molecule has 5 nitrogen and oxygen atoms in total. The molecule has 6 heteroatoms. The summed E-state index contributed by atoms with van der Waals surface area (Å²) in [5.74, 6) is 4.01. The van der Waals surface area contributed by atoms with Crippen molar-refractivity contribution in [3.63, 3.8) is 0 Å². The summed E-state index contributed by atoms with van der Waals surface area (Å²) in [6, 6.07) is 14.9. The van der Waals surface area contributed by atoms with E-state index in [0.29, 0.717) is 35.4 Å². The van der Waals surface area contributed by atoms with Crippen LogP contribution in [0.4, 0.5) is 10.2 Å². The predicted molar refractivity (Wildman–Crippen MR) is 168 cm³/mol. The first kappa shape index (κ1) is 27.2.